The van der Waals surface area contributed by atoms with Gasteiger partial charge in [0.05, 0.1) is 0 Å². The normalized spacial score (nSPS) is 12.4. The Morgan fingerprint density at radius 1 is 0.952 bits per heavy atom. The van der Waals surface area contributed by atoms with Gasteiger partial charge in [-0.05, 0) is 60.8 Å². The van der Waals surface area contributed by atoms with Crippen LogP contribution in [0.2, 0.25) is 15.1 Å². The van der Waals surface area contributed by atoms with E-state index >= 15 is 0 Å². The summed E-state index contributed by atoms with van der Waals surface area (Å²) in [5, 5.41) is 5.73. The molecule has 0 heterocycles. The highest BCUT2D eigenvalue weighted by molar-refractivity contribution is 6.33. The van der Waals surface area contributed by atoms with Crippen LogP contribution in [0, 0.1) is 0 Å². The third kappa shape index (κ3) is 4.89. The third-order valence-corrected chi connectivity index (χ3v) is 4.16. The zero-order valence-corrected chi connectivity index (χ0v) is 14.1. The fourth-order valence-electron chi connectivity index (χ4n) is 2.25. The Bertz CT molecular complexity index is 581. The van der Waals surface area contributed by atoms with Gasteiger partial charge in [0.15, 0.2) is 0 Å². The van der Waals surface area contributed by atoms with Crippen LogP contribution in [0.4, 0.5) is 0 Å². The van der Waals surface area contributed by atoms with Crippen molar-refractivity contribution in [2.75, 3.05) is 6.54 Å². The lowest BCUT2D eigenvalue weighted by Crippen LogP contribution is -2.24. The molecule has 1 atom stereocenters. The lowest BCUT2D eigenvalue weighted by atomic mass is 9.98. The molecular weight excluding hydrogens is 325 g/mol. The Morgan fingerprint density at radius 2 is 1.62 bits per heavy atom. The summed E-state index contributed by atoms with van der Waals surface area (Å²) in [7, 11) is 0. The van der Waals surface area contributed by atoms with E-state index in [0.29, 0.717) is 5.02 Å². The number of halogens is 3. The lowest BCUT2D eigenvalue weighted by Gasteiger charge is -2.21. The quantitative estimate of drug-likeness (QED) is 0.686. The molecule has 1 N–H and O–H groups in total. The van der Waals surface area contributed by atoms with Crippen LogP contribution in [0.3, 0.4) is 0 Å². The number of rotatable bonds is 6. The summed E-state index contributed by atoms with van der Waals surface area (Å²) in [6.07, 6.45) is 1.91. The largest absolute Gasteiger partial charge is 0.310 e. The highest BCUT2D eigenvalue weighted by atomic mass is 35.5. The molecule has 1 nitrogen and oxygen atoms in total. The summed E-state index contributed by atoms with van der Waals surface area (Å²) in [5.74, 6) is 0. The first-order valence-corrected chi connectivity index (χ1v) is 8.16. The van der Waals surface area contributed by atoms with Crippen molar-refractivity contribution < 1.29 is 0 Å². The van der Waals surface area contributed by atoms with Crippen molar-refractivity contribution in [3.05, 3.63) is 68.7 Å². The zero-order valence-electron chi connectivity index (χ0n) is 11.9. The molecule has 0 bridgehead atoms. The minimum absolute atomic E-state index is 0.136. The van der Waals surface area contributed by atoms with Crippen LogP contribution in [0.5, 0.6) is 0 Å². The fraction of sp³-hybridized carbons (Fsp3) is 0.294. The first-order valence-electron chi connectivity index (χ1n) is 7.03. The molecule has 4 heteroatoms. The SMILES string of the molecule is CCCNC(Cc1ccc(Cl)cc1)c1cc(Cl)ccc1Cl. The van der Waals surface area contributed by atoms with Crippen molar-refractivity contribution in [1.82, 2.24) is 5.32 Å². The summed E-state index contributed by atoms with van der Waals surface area (Å²) >= 11 is 18.4. The van der Waals surface area contributed by atoms with Crippen molar-refractivity contribution in [3.63, 3.8) is 0 Å². The predicted octanol–water partition coefficient (Wildman–Crippen LogP) is 5.93. The van der Waals surface area contributed by atoms with Crippen LogP contribution < -0.4 is 5.32 Å². The summed E-state index contributed by atoms with van der Waals surface area (Å²) in [6.45, 7) is 3.08. The van der Waals surface area contributed by atoms with E-state index in [1.807, 2.05) is 42.5 Å². The highest BCUT2D eigenvalue weighted by Crippen LogP contribution is 2.29. The number of nitrogens with one attached hydrogen (secondary N) is 1. The Hall–Kier alpha value is -0.730. The van der Waals surface area contributed by atoms with E-state index < -0.39 is 0 Å². The van der Waals surface area contributed by atoms with Gasteiger partial charge in [-0.15, -0.1) is 0 Å². The van der Waals surface area contributed by atoms with E-state index in [1.165, 1.54) is 5.56 Å². The average Bonchev–Trinajstić information content (AvgIpc) is 2.48. The van der Waals surface area contributed by atoms with E-state index in [1.54, 1.807) is 0 Å². The van der Waals surface area contributed by atoms with Gasteiger partial charge in [-0.2, -0.15) is 0 Å². The van der Waals surface area contributed by atoms with Gasteiger partial charge in [0.2, 0.25) is 0 Å². The first-order chi connectivity index (χ1) is 10.1. The highest BCUT2D eigenvalue weighted by Gasteiger charge is 2.15. The van der Waals surface area contributed by atoms with Crippen LogP contribution in [-0.4, -0.2) is 6.54 Å². The van der Waals surface area contributed by atoms with Crippen LogP contribution >= 0.6 is 34.8 Å². The van der Waals surface area contributed by atoms with Gasteiger partial charge in [0.25, 0.3) is 0 Å². The molecule has 0 radical (unpaired) electrons. The Morgan fingerprint density at radius 3 is 2.29 bits per heavy atom. The predicted molar refractivity (Wildman–Crippen MR) is 92.7 cm³/mol. The minimum Gasteiger partial charge on any atom is -0.310 e. The molecule has 0 aromatic heterocycles. The smallest absolute Gasteiger partial charge is 0.0454 e. The van der Waals surface area contributed by atoms with Gasteiger partial charge in [0.1, 0.15) is 0 Å². The second kappa shape index (κ2) is 8.05. The maximum absolute atomic E-state index is 6.34. The van der Waals surface area contributed by atoms with Crippen molar-refractivity contribution >= 4 is 34.8 Å². The molecule has 0 saturated heterocycles. The second-order valence-electron chi connectivity index (χ2n) is 5.00. The summed E-state index contributed by atoms with van der Waals surface area (Å²) in [6, 6.07) is 13.6. The monoisotopic (exact) mass is 341 g/mol. The Balaban J connectivity index is 2.25. The van der Waals surface area contributed by atoms with Gasteiger partial charge >= 0.3 is 0 Å². The van der Waals surface area contributed by atoms with E-state index in [2.05, 4.69) is 12.2 Å². The molecule has 2 aromatic rings. The van der Waals surface area contributed by atoms with E-state index in [-0.39, 0.29) is 6.04 Å². The number of benzene rings is 2. The Kier molecular flexibility index (Phi) is 6.38. The van der Waals surface area contributed by atoms with E-state index in [4.69, 9.17) is 34.8 Å². The van der Waals surface area contributed by atoms with Crippen molar-refractivity contribution in [2.45, 2.75) is 25.8 Å². The molecule has 21 heavy (non-hydrogen) atoms. The molecule has 2 aromatic carbocycles. The van der Waals surface area contributed by atoms with Gasteiger partial charge in [0, 0.05) is 21.1 Å². The topological polar surface area (TPSA) is 12.0 Å². The minimum atomic E-state index is 0.136. The van der Waals surface area contributed by atoms with Gasteiger partial charge in [-0.3, -0.25) is 0 Å². The molecule has 0 aliphatic rings. The molecule has 0 saturated carbocycles. The van der Waals surface area contributed by atoms with Crippen LogP contribution in [0.1, 0.15) is 30.5 Å². The summed E-state index contributed by atoms with van der Waals surface area (Å²) in [5.41, 5.74) is 2.25. The van der Waals surface area contributed by atoms with Crippen molar-refractivity contribution in [3.8, 4) is 0 Å². The van der Waals surface area contributed by atoms with Gasteiger partial charge < -0.3 is 5.32 Å². The molecule has 1 unspecified atom stereocenters. The molecule has 0 aliphatic carbocycles. The second-order valence-corrected chi connectivity index (χ2v) is 6.28. The number of hydrogen-bond acceptors (Lipinski definition) is 1. The van der Waals surface area contributed by atoms with Crippen molar-refractivity contribution in [1.29, 1.82) is 0 Å². The summed E-state index contributed by atoms with van der Waals surface area (Å²) < 4.78 is 0. The lowest BCUT2D eigenvalue weighted by molar-refractivity contribution is 0.529. The zero-order chi connectivity index (χ0) is 15.2. The molecule has 2 rings (SSSR count). The van der Waals surface area contributed by atoms with Crippen LogP contribution in [0.25, 0.3) is 0 Å². The molecule has 0 amide bonds. The standard InChI is InChI=1S/C17H18Cl3N/c1-2-9-21-17(10-12-3-5-13(18)6-4-12)15-11-14(19)7-8-16(15)20/h3-8,11,17,21H,2,9-10H2,1H3. The molecule has 0 fully saturated rings. The molecule has 0 spiro atoms. The van der Waals surface area contributed by atoms with Crippen LogP contribution in [0.15, 0.2) is 42.5 Å². The molecular formula is C17H18Cl3N. The third-order valence-electron chi connectivity index (χ3n) is 3.33. The maximum Gasteiger partial charge on any atom is 0.0454 e. The van der Waals surface area contributed by atoms with Gasteiger partial charge in [-0.25, -0.2) is 0 Å². The fourth-order valence-corrected chi connectivity index (χ4v) is 2.80. The first kappa shape index (κ1) is 16.6. The van der Waals surface area contributed by atoms with Crippen LogP contribution in [-0.2, 0) is 6.42 Å². The maximum atomic E-state index is 6.34. The van der Waals surface area contributed by atoms with Gasteiger partial charge in [-0.1, -0.05) is 53.9 Å². The molecule has 0 aliphatic heterocycles. The van der Waals surface area contributed by atoms with Crippen molar-refractivity contribution in [2.24, 2.45) is 0 Å². The van der Waals surface area contributed by atoms with E-state index in [9.17, 15) is 0 Å². The Labute approximate surface area is 141 Å². The number of hydrogen-bond donors (Lipinski definition) is 1. The summed E-state index contributed by atoms with van der Waals surface area (Å²) in [4.78, 5) is 0. The molecule has 112 valence electrons. The van der Waals surface area contributed by atoms with E-state index in [0.717, 1.165) is 35.0 Å². The average molecular weight is 343 g/mol.